The maximum Gasteiger partial charge on any atom is 0.244 e. The molecule has 3 heteroatoms. The van der Waals surface area contributed by atoms with Crippen molar-refractivity contribution in [3.05, 3.63) is 29.8 Å². The summed E-state index contributed by atoms with van der Waals surface area (Å²) in [5, 5.41) is 3.30. The van der Waals surface area contributed by atoms with Crippen molar-refractivity contribution >= 4 is 11.6 Å². The van der Waals surface area contributed by atoms with Gasteiger partial charge in [0.2, 0.25) is 5.91 Å². The van der Waals surface area contributed by atoms with Crippen LogP contribution >= 0.6 is 0 Å². The van der Waals surface area contributed by atoms with Crippen LogP contribution < -0.4 is 10.2 Å². The van der Waals surface area contributed by atoms with Crippen molar-refractivity contribution in [2.75, 3.05) is 18.0 Å². The molecule has 1 N–H and O–H groups in total. The van der Waals surface area contributed by atoms with E-state index < -0.39 is 0 Å². The summed E-state index contributed by atoms with van der Waals surface area (Å²) in [5.74, 6) is 0.212. The van der Waals surface area contributed by atoms with Crippen molar-refractivity contribution < 1.29 is 4.79 Å². The molecule has 3 nitrogen and oxygen atoms in total. The van der Waals surface area contributed by atoms with Gasteiger partial charge in [0.15, 0.2) is 0 Å². The van der Waals surface area contributed by atoms with Crippen molar-refractivity contribution in [3.63, 3.8) is 0 Å². The highest BCUT2D eigenvalue weighted by atomic mass is 16.2. The molecule has 0 saturated carbocycles. The standard InChI is InChI=1S/C14H20N2O/c1-3-8-15-13-7-9-16(14(13)17)12-6-4-5-11(2)10-12/h4-6,10,13,15H,3,7-9H2,1-2H3. The van der Waals surface area contributed by atoms with Crippen LogP contribution in [0, 0.1) is 6.92 Å². The van der Waals surface area contributed by atoms with Crippen LogP contribution in [0.4, 0.5) is 5.69 Å². The van der Waals surface area contributed by atoms with E-state index in [2.05, 4.69) is 31.3 Å². The summed E-state index contributed by atoms with van der Waals surface area (Å²) < 4.78 is 0. The highest BCUT2D eigenvalue weighted by molar-refractivity contribution is 5.99. The monoisotopic (exact) mass is 232 g/mol. The van der Waals surface area contributed by atoms with E-state index in [1.165, 1.54) is 5.56 Å². The largest absolute Gasteiger partial charge is 0.311 e. The van der Waals surface area contributed by atoms with E-state index in [4.69, 9.17) is 0 Å². The summed E-state index contributed by atoms with van der Waals surface area (Å²) >= 11 is 0. The Morgan fingerprint density at radius 2 is 2.29 bits per heavy atom. The SMILES string of the molecule is CCCNC1CCN(c2cccc(C)c2)C1=O. The molecule has 0 aliphatic carbocycles. The minimum absolute atomic E-state index is 0.00969. The number of carbonyl (C=O) groups is 1. The van der Waals surface area contributed by atoms with E-state index in [1.807, 2.05) is 17.0 Å². The Morgan fingerprint density at radius 3 is 3.00 bits per heavy atom. The lowest BCUT2D eigenvalue weighted by molar-refractivity contribution is -0.118. The second-order valence-corrected chi connectivity index (χ2v) is 4.62. The van der Waals surface area contributed by atoms with E-state index in [0.29, 0.717) is 0 Å². The molecule has 1 fully saturated rings. The zero-order valence-corrected chi connectivity index (χ0v) is 10.6. The fourth-order valence-corrected chi connectivity index (χ4v) is 2.24. The minimum atomic E-state index is 0.00969. The molecule has 2 rings (SSSR count). The molecule has 1 atom stereocenters. The Kier molecular flexibility index (Phi) is 3.79. The second-order valence-electron chi connectivity index (χ2n) is 4.62. The average Bonchev–Trinajstić information content (AvgIpc) is 2.68. The summed E-state index contributed by atoms with van der Waals surface area (Å²) in [6, 6.07) is 8.14. The topological polar surface area (TPSA) is 32.3 Å². The number of aryl methyl sites for hydroxylation is 1. The Morgan fingerprint density at radius 1 is 1.47 bits per heavy atom. The van der Waals surface area contributed by atoms with Gasteiger partial charge in [-0.3, -0.25) is 4.79 Å². The number of nitrogens with one attached hydrogen (secondary N) is 1. The Hall–Kier alpha value is -1.35. The van der Waals surface area contributed by atoms with Gasteiger partial charge in [0.25, 0.3) is 0 Å². The minimum Gasteiger partial charge on any atom is -0.311 e. The van der Waals surface area contributed by atoms with E-state index in [1.54, 1.807) is 0 Å². The molecular formula is C14H20N2O. The Balaban J connectivity index is 2.07. The summed E-state index contributed by atoms with van der Waals surface area (Å²) in [4.78, 5) is 14.1. The zero-order valence-electron chi connectivity index (χ0n) is 10.6. The van der Waals surface area contributed by atoms with Crippen LogP contribution in [-0.4, -0.2) is 25.0 Å². The zero-order chi connectivity index (χ0) is 12.3. The maximum absolute atomic E-state index is 12.2. The van der Waals surface area contributed by atoms with Crippen molar-refractivity contribution in [2.24, 2.45) is 0 Å². The van der Waals surface area contributed by atoms with E-state index in [0.717, 1.165) is 31.6 Å². The van der Waals surface area contributed by atoms with Gasteiger partial charge in [0.1, 0.15) is 0 Å². The molecule has 92 valence electrons. The van der Waals surface area contributed by atoms with E-state index in [9.17, 15) is 4.79 Å². The molecule has 1 heterocycles. The first-order valence-electron chi connectivity index (χ1n) is 6.34. The fourth-order valence-electron chi connectivity index (χ4n) is 2.24. The number of benzene rings is 1. The van der Waals surface area contributed by atoms with Gasteiger partial charge in [-0.1, -0.05) is 19.1 Å². The van der Waals surface area contributed by atoms with Crippen molar-refractivity contribution in [2.45, 2.75) is 32.7 Å². The maximum atomic E-state index is 12.2. The van der Waals surface area contributed by atoms with Crippen LogP contribution in [0.25, 0.3) is 0 Å². The quantitative estimate of drug-likeness (QED) is 0.862. The molecule has 1 aliphatic heterocycles. The molecule has 0 spiro atoms. The van der Waals surface area contributed by atoms with E-state index in [-0.39, 0.29) is 11.9 Å². The number of hydrogen-bond acceptors (Lipinski definition) is 2. The molecule has 17 heavy (non-hydrogen) atoms. The van der Waals surface area contributed by atoms with Gasteiger partial charge >= 0.3 is 0 Å². The summed E-state index contributed by atoms with van der Waals surface area (Å²) in [6.45, 7) is 5.91. The number of hydrogen-bond donors (Lipinski definition) is 1. The normalized spacial score (nSPS) is 20.0. The van der Waals surface area contributed by atoms with Crippen molar-refractivity contribution in [1.82, 2.24) is 5.32 Å². The number of carbonyl (C=O) groups excluding carboxylic acids is 1. The van der Waals surface area contributed by atoms with Gasteiger partial charge in [0.05, 0.1) is 6.04 Å². The van der Waals surface area contributed by atoms with Crippen LogP contribution in [0.3, 0.4) is 0 Å². The first kappa shape index (κ1) is 12.1. The smallest absolute Gasteiger partial charge is 0.244 e. The summed E-state index contributed by atoms with van der Waals surface area (Å²) in [6.07, 6.45) is 1.97. The molecule has 0 bridgehead atoms. The molecule has 1 aromatic rings. The highest BCUT2D eigenvalue weighted by Crippen LogP contribution is 2.22. The van der Waals surface area contributed by atoms with Gasteiger partial charge in [-0.25, -0.2) is 0 Å². The first-order valence-corrected chi connectivity index (χ1v) is 6.34. The van der Waals surface area contributed by atoms with Crippen molar-refractivity contribution in [1.29, 1.82) is 0 Å². The van der Waals surface area contributed by atoms with Crippen LogP contribution in [0.15, 0.2) is 24.3 Å². The van der Waals surface area contributed by atoms with Gasteiger partial charge in [0, 0.05) is 12.2 Å². The summed E-state index contributed by atoms with van der Waals surface area (Å²) in [5.41, 5.74) is 2.22. The number of anilines is 1. The predicted octanol–water partition coefficient (Wildman–Crippen LogP) is 2.10. The lowest BCUT2D eigenvalue weighted by atomic mass is 10.2. The first-order chi connectivity index (χ1) is 8.22. The van der Waals surface area contributed by atoms with Crippen LogP contribution in [0.1, 0.15) is 25.3 Å². The van der Waals surface area contributed by atoms with Gasteiger partial charge in [-0.15, -0.1) is 0 Å². The number of rotatable bonds is 4. The molecule has 1 aliphatic rings. The molecule has 1 amide bonds. The van der Waals surface area contributed by atoms with E-state index >= 15 is 0 Å². The number of nitrogens with zero attached hydrogens (tertiary/aromatic N) is 1. The van der Waals surface area contributed by atoms with Gasteiger partial charge < -0.3 is 10.2 Å². The molecule has 0 radical (unpaired) electrons. The third-order valence-electron chi connectivity index (χ3n) is 3.16. The lowest BCUT2D eigenvalue weighted by Gasteiger charge is -2.17. The molecule has 1 aromatic carbocycles. The fraction of sp³-hybridized carbons (Fsp3) is 0.500. The summed E-state index contributed by atoms with van der Waals surface area (Å²) in [7, 11) is 0. The predicted molar refractivity (Wildman–Crippen MR) is 70.2 cm³/mol. The van der Waals surface area contributed by atoms with Crippen LogP contribution in [-0.2, 0) is 4.79 Å². The molecular weight excluding hydrogens is 212 g/mol. The van der Waals surface area contributed by atoms with Gasteiger partial charge in [-0.05, 0) is 44.0 Å². The lowest BCUT2D eigenvalue weighted by Crippen LogP contribution is -2.38. The second kappa shape index (κ2) is 5.32. The molecule has 1 saturated heterocycles. The van der Waals surface area contributed by atoms with Gasteiger partial charge in [-0.2, -0.15) is 0 Å². The highest BCUT2D eigenvalue weighted by Gasteiger charge is 2.31. The third-order valence-corrected chi connectivity index (χ3v) is 3.16. The Bertz CT molecular complexity index is 403. The molecule has 1 unspecified atom stereocenters. The van der Waals surface area contributed by atoms with Crippen molar-refractivity contribution in [3.8, 4) is 0 Å². The van der Waals surface area contributed by atoms with Crippen LogP contribution in [0.5, 0.6) is 0 Å². The molecule has 0 aromatic heterocycles. The average molecular weight is 232 g/mol. The third kappa shape index (κ3) is 2.67. The Labute approximate surface area is 103 Å². The number of amides is 1. The van der Waals surface area contributed by atoms with Crippen LogP contribution in [0.2, 0.25) is 0 Å².